The molecule has 1 saturated heterocycles. The molecule has 1 amide bonds. The summed E-state index contributed by atoms with van der Waals surface area (Å²) in [6.07, 6.45) is 3.42. The monoisotopic (exact) mass is 532 g/mol. The van der Waals surface area contributed by atoms with E-state index in [9.17, 15) is 4.79 Å². The first kappa shape index (κ1) is 28.1. The maximum atomic E-state index is 12.7. The number of carbonyl (C=O) groups is 1. The third-order valence-corrected chi connectivity index (χ3v) is 6.73. The number of carbonyl (C=O) groups excluding carboxylic acids is 1. The van der Waals surface area contributed by atoms with E-state index in [-0.39, 0.29) is 12.1 Å². The third kappa shape index (κ3) is 8.06. The predicted octanol–water partition coefficient (Wildman–Crippen LogP) is 7.09. The molecule has 3 aromatic carbocycles. The Hall–Kier alpha value is -3.87. The van der Waals surface area contributed by atoms with Crippen molar-refractivity contribution < 1.29 is 23.7 Å². The number of hydrogen-bond donors (Lipinski definition) is 1. The van der Waals surface area contributed by atoms with Crippen molar-refractivity contribution in [1.82, 2.24) is 4.90 Å². The molecule has 1 heterocycles. The SMILES string of the molecule is COc1ccc(CCc2ccc(NC[C@@H]3CCCN3C(=O)OC(C)(C)C)c(Oc3ccc(OC)cc3)c2)cc1. The highest BCUT2D eigenvalue weighted by molar-refractivity contribution is 5.69. The van der Waals surface area contributed by atoms with Gasteiger partial charge in [-0.1, -0.05) is 18.2 Å². The molecule has 4 rings (SSSR count). The second-order valence-corrected chi connectivity index (χ2v) is 10.8. The van der Waals surface area contributed by atoms with Crippen LogP contribution in [0.4, 0.5) is 10.5 Å². The summed E-state index contributed by atoms with van der Waals surface area (Å²) < 4.78 is 22.5. The molecule has 0 radical (unpaired) electrons. The van der Waals surface area contributed by atoms with Crippen LogP contribution in [0.15, 0.2) is 66.7 Å². The molecule has 1 fully saturated rings. The molecule has 0 spiro atoms. The number of likely N-dealkylation sites (tertiary alicyclic amines) is 1. The smallest absolute Gasteiger partial charge is 0.410 e. The van der Waals surface area contributed by atoms with E-state index in [2.05, 4.69) is 35.6 Å². The van der Waals surface area contributed by atoms with Crippen LogP contribution in [0, 0.1) is 0 Å². The Morgan fingerprint density at radius 1 is 0.872 bits per heavy atom. The maximum absolute atomic E-state index is 12.7. The number of ether oxygens (including phenoxy) is 4. The average molecular weight is 533 g/mol. The molecule has 1 atom stereocenters. The summed E-state index contributed by atoms with van der Waals surface area (Å²) in [6, 6.07) is 22.1. The molecule has 7 heteroatoms. The van der Waals surface area contributed by atoms with E-state index in [1.807, 2.05) is 62.1 Å². The number of anilines is 1. The van der Waals surface area contributed by atoms with Crippen LogP contribution in [0.5, 0.6) is 23.0 Å². The van der Waals surface area contributed by atoms with Crippen molar-refractivity contribution in [1.29, 1.82) is 0 Å². The fourth-order valence-electron chi connectivity index (χ4n) is 4.64. The minimum Gasteiger partial charge on any atom is -0.497 e. The lowest BCUT2D eigenvalue weighted by Gasteiger charge is -2.29. The first-order valence-corrected chi connectivity index (χ1v) is 13.6. The fraction of sp³-hybridized carbons (Fsp3) is 0.406. The van der Waals surface area contributed by atoms with Gasteiger partial charge < -0.3 is 29.2 Å². The Morgan fingerprint density at radius 2 is 1.46 bits per heavy atom. The Labute approximate surface area is 232 Å². The van der Waals surface area contributed by atoms with Gasteiger partial charge in [0, 0.05) is 13.1 Å². The largest absolute Gasteiger partial charge is 0.497 e. The second kappa shape index (κ2) is 12.8. The molecule has 3 aromatic rings. The van der Waals surface area contributed by atoms with Crippen LogP contribution in [0.2, 0.25) is 0 Å². The molecule has 7 nitrogen and oxygen atoms in total. The van der Waals surface area contributed by atoms with Crippen LogP contribution in [-0.2, 0) is 17.6 Å². The van der Waals surface area contributed by atoms with Crippen molar-refractivity contribution in [2.75, 3.05) is 32.6 Å². The Morgan fingerprint density at radius 3 is 2.10 bits per heavy atom. The normalized spacial score (nSPS) is 15.1. The van der Waals surface area contributed by atoms with E-state index in [4.69, 9.17) is 18.9 Å². The number of benzene rings is 3. The van der Waals surface area contributed by atoms with E-state index in [0.717, 1.165) is 54.4 Å². The van der Waals surface area contributed by atoms with E-state index in [1.54, 1.807) is 14.2 Å². The summed E-state index contributed by atoms with van der Waals surface area (Å²) in [7, 11) is 3.32. The standard InChI is InChI=1S/C32H40N2O5/c1-32(2,3)39-31(35)34-20-6-7-25(34)22-33-29-19-12-24(9-8-23-10-13-26(36-4)14-11-23)21-30(29)38-28-17-15-27(37-5)16-18-28/h10-19,21,25,33H,6-9,20,22H2,1-5H3/t25-/m0/s1. The van der Waals surface area contributed by atoms with Gasteiger partial charge in [-0.2, -0.15) is 0 Å². The zero-order chi connectivity index (χ0) is 27.8. The summed E-state index contributed by atoms with van der Waals surface area (Å²) in [5.41, 5.74) is 2.80. The number of amides is 1. The van der Waals surface area contributed by atoms with E-state index in [1.165, 1.54) is 11.1 Å². The average Bonchev–Trinajstić information content (AvgIpc) is 3.40. The first-order chi connectivity index (χ1) is 18.7. The lowest BCUT2D eigenvalue weighted by Crippen LogP contribution is -2.42. The Bertz CT molecular complexity index is 1220. The second-order valence-electron chi connectivity index (χ2n) is 10.8. The highest BCUT2D eigenvalue weighted by Gasteiger charge is 2.32. The molecule has 39 heavy (non-hydrogen) atoms. The van der Waals surface area contributed by atoms with Gasteiger partial charge in [-0.3, -0.25) is 0 Å². The van der Waals surface area contributed by atoms with E-state index < -0.39 is 5.60 Å². The number of hydrogen-bond acceptors (Lipinski definition) is 6. The lowest BCUT2D eigenvalue weighted by atomic mass is 10.0. The molecule has 1 aliphatic rings. The van der Waals surface area contributed by atoms with Gasteiger partial charge in [-0.05, 0) is 106 Å². The summed E-state index contributed by atoms with van der Waals surface area (Å²) in [5.74, 6) is 3.10. The molecule has 0 bridgehead atoms. The zero-order valence-corrected chi connectivity index (χ0v) is 23.7. The molecule has 1 aliphatic heterocycles. The number of methoxy groups -OCH3 is 2. The molecule has 0 aliphatic carbocycles. The minimum atomic E-state index is -0.515. The summed E-state index contributed by atoms with van der Waals surface area (Å²) >= 11 is 0. The Balaban J connectivity index is 1.48. The fourth-order valence-corrected chi connectivity index (χ4v) is 4.64. The third-order valence-electron chi connectivity index (χ3n) is 6.73. The quantitative estimate of drug-likeness (QED) is 0.301. The van der Waals surface area contributed by atoms with Gasteiger partial charge in [0.2, 0.25) is 0 Å². The number of rotatable bonds is 10. The van der Waals surface area contributed by atoms with Crippen molar-refractivity contribution in [2.45, 2.75) is 58.1 Å². The number of nitrogens with zero attached hydrogens (tertiary/aromatic N) is 1. The maximum Gasteiger partial charge on any atom is 0.410 e. The van der Waals surface area contributed by atoms with Crippen LogP contribution in [0.25, 0.3) is 0 Å². The summed E-state index contributed by atoms with van der Waals surface area (Å²) in [4.78, 5) is 14.6. The van der Waals surface area contributed by atoms with Gasteiger partial charge in [-0.25, -0.2) is 4.79 Å². The molecule has 0 saturated carbocycles. The van der Waals surface area contributed by atoms with Crippen molar-refractivity contribution in [2.24, 2.45) is 0 Å². The predicted molar refractivity (Wildman–Crippen MR) is 154 cm³/mol. The Kier molecular flexibility index (Phi) is 9.23. The van der Waals surface area contributed by atoms with E-state index >= 15 is 0 Å². The van der Waals surface area contributed by atoms with Crippen LogP contribution < -0.4 is 19.5 Å². The topological polar surface area (TPSA) is 69.3 Å². The zero-order valence-electron chi connectivity index (χ0n) is 23.7. The first-order valence-electron chi connectivity index (χ1n) is 13.6. The van der Waals surface area contributed by atoms with Crippen LogP contribution in [0.3, 0.4) is 0 Å². The molecular formula is C32H40N2O5. The van der Waals surface area contributed by atoms with Gasteiger partial charge in [0.05, 0.1) is 25.9 Å². The highest BCUT2D eigenvalue weighted by Crippen LogP contribution is 2.33. The van der Waals surface area contributed by atoms with Gasteiger partial charge in [0.15, 0.2) is 5.75 Å². The van der Waals surface area contributed by atoms with Crippen LogP contribution >= 0.6 is 0 Å². The van der Waals surface area contributed by atoms with Crippen molar-refractivity contribution in [3.63, 3.8) is 0 Å². The van der Waals surface area contributed by atoms with E-state index in [0.29, 0.717) is 13.1 Å². The summed E-state index contributed by atoms with van der Waals surface area (Å²) in [5, 5.41) is 3.55. The molecule has 0 unspecified atom stereocenters. The molecule has 0 aromatic heterocycles. The minimum absolute atomic E-state index is 0.0587. The van der Waals surface area contributed by atoms with Crippen LogP contribution in [-0.4, -0.2) is 49.9 Å². The van der Waals surface area contributed by atoms with Gasteiger partial charge in [0.25, 0.3) is 0 Å². The van der Waals surface area contributed by atoms with Crippen molar-refractivity contribution in [3.8, 4) is 23.0 Å². The van der Waals surface area contributed by atoms with Crippen molar-refractivity contribution >= 4 is 11.8 Å². The molecule has 208 valence electrons. The van der Waals surface area contributed by atoms with Crippen LogP contribution in [0.1, 0.15) is 44.7 Å². The van der Waals surface area contributed by atoms with Gasteiger partial charge in [-0.15, -0.1) is 0 Å². The van der Waals surface area contributed by atoms with Gasteiger partial charge >= 0.3 is 6.09 Å². The highest BCUT2D eigenvalue weighted by atomic mass is 16.6. The molecular weight excluding hydrogens is 492 g/mol. The molecule has 1 N–H and O–H groups in total. The number of aryl methyl sites for hydroxylation is 2. The number of nitrogens with one attached hydrogen (secondary N) is 1. The summed E-state index contributed by atoms with van der Waals surface area (Å²) in [6.45, 7) is 7.01. The van der Waals surface area contributed by atoms with Gasteiger partial charge in [0.1, 0.15) is 22.8 Å². The van der Waals surface area contributed by atoms with Crippen molar-refractivity contribution in [3.05, 3.63) is 77.9 Å². The lowest BCUT2D eigenvalue weighted by molar-refractivity contribution is 0.0235.